The third-order valence-electron chi connectivity index (χ3n) is 2.47. The molecule has 0 fully saturated rings. The Labute approximate surface area is 100 Å². The summed E-state index contributed by atoms with van der Waals surface area (Å²) in [6, 6.07) is 9.63. The molecule has 0 spiro atoms. The van der Waals surface area contributed by atoms with Crippen LogP contribution in [0.4, 0.5) is 0 Å². The fourth-order valence-corrected chi connectivity index (χ4v) is 1.38. The predicted molar refractivity (Wildman–Crippen MR) is 70.3 cm³/mol. The van der Waals surface area contributed by atoms with E-state index < -0.39 is 0 Å². The molecule has 0 N–H and O–H groups in total. The number of hydrogen-bond acceptors (Lipinski definition) is 1. The molecule has 0 aliphatic heterocycles. The summed E-state index contributed by atoms with van der Waals surface area (Å²) >= 11 is 0. The lowest BCUT2D eigenvalue weighted by molar-refractivity contribution is 0.656. The molecular formula is C15H23N. The maximum absolute atomic E-state index is 8.47. The highest BCUT2D eigenvalue weighted by Crippen LogP contribution is 2.03. The zero-order valence-electron chi connectivity index (χ0n) is 10.8. The van der Waals surface area contributed by atoms with E-state index in [0.29, 0.717) is 0 Å². The first kappa shape index (κ1) is 14.7. The van der Waals surface area contributed by atoms with Crippen molar-refractivity contribution in [3.05, 3.63) is 35.4 Å². The Morgan fingerprint density at radius 1 is 1.00 bits per heavy atom. The maximum Gasteiger partial charge on any atom is 0.0994 e. The van der Waals surface area contributed by atoms with Crippen LogP contribution < -0.4 is 0 Å². The lowest BCUT2D eigenvalue weighted by atomic mass is 10.1. The van der Waals surface area contributed by atoms with Gasteiger partial charge in [-0.25, -0.2) is 0 Å². The number of nitriles is 1. The topological polar surface area (TPSA) is 23.8 Å². The monoisotopic (exact) mass is 217 g/mol. The van der Waals surface area contributed by atoms with Gasteiger partial charge in [0.15, 0.2) is 0 Å². The number of nitrogens with zero attached hydrogens (tertiary/aromatic N) is 1. The fourth-order valence-electron chi connectivity index (χ4n) is 1.38. The van der Waals surface area contributed by atoms with E-state index in [1.165, 1.54) is 32.1 Å². The molecule has 0 saturated carbocycles. The second kappa shape index (κ2) is 10.2. The summed E-state index contributed by atoms with van der Waals surface area (Å²) in [5.41, 5.74) is 1.80. The number of hydrogen-bond donors (Lipinski definition) is 0. The lowest BCUT2D eigenvalue weighted by Crippen LogP contribution is -1.77. The van der Waals surface area contributed by atoms with E-state index in [2.05, 4.69) is 19.9 Å². The van der Waals surface area contributed by atoms with Crippen molar-refractivity contribution in [2.75, 3.05) is 0 Å². The van der Waals surface area contributed by atoms with Crippen LogP contribution in [0.15, 0.2) is 24.3 Å². The highest BCUT2D eigenvalue weighted by Gasteiger charge is 1.90. The largest absolute Gasteiger partial charge is 0.192 e. The van der Waals surface area contributed by atoms with Crippen molar-refractivity contribution in [1.29, 1.82) is 5.26 Å². The van der Waals surface area contributed by atoms with Gasteiger partial charge in [-0.3, -0.25) is 0 Å². The molecule has 88 valence electrons. The first-order chi connectivity index (χ1) is 7.76. The van der Waals surface area contributed by atoms with Crippen LogP contribution in [0.3, 0.4) is 0 Å². The minimum absolute atomic E-state index is 0.762. The van der Waals surface area contributed by atoms with E-state index in [1.807, 2.05) is 31.2 Å². The standard InChI is InChI=1S/C8H7N.C7H16/c1-7-4-2-3-5-8(7)6-9;1-3-5-7-6-4-2/h2-5H,1H3;3-7H2,1-2H3. The van der Waals surface area contributed by atoms with Gasteiger partial charge in [-0.1, -0.05) is 64.2 Å². The molecule has 0 aliphatic rings. The molecule has 0 unspecified atom stereocenters. The highest BCUT2D eigenvalue weighted by atomic mass is 14.2. The molecule has 1 nitrogen and oxygen atoms in total. The van der Waals surface area contributed by atoms with Gasteiger partial charge in [0.25, 0.3) is 0 Å². The van der Waals surface area contributed by atoms with Gasteiger partial charge in [0.2, 0.25) is 0 Å². The van der Waals surface area contributed by atoms with Gasteiger partial charge in [-0.2, -0.15) is 5.26 Å². The van der Waals surface area contributed by atoms with Gasteiger partial charge >= 0.3 is 0 Å². The molecule has 1 heteroatoms. The van der Waals surface area contributed by atoms with Crippen LogP contribution in [0.1, 0.15) is 57.1 Å². The third-order valence-corrected chi connectivity index (χ3v) is 2.47. The smallest absolute Gasteiger partial charge is 0.0994 e. The van der Waals surface area contributed by atoms with E-state index >= 15 is 0 Å². The summed E-state index contributed by atoms with van der Waals surface area (Å²) < 4.78 is 0. The van der Waals surface area contributed by atoms with E-state index in [4.69, 9.17) is 5.26 Å². The summed E-state index contributed by atoms with van der Waals surface area (Å²) in [6.07, 6.45) is 7.01. The van der Waals surface area contributed by atoms with E-state index in [9.17, 15) is 0 Å². The number of aryl methyl sites for hydroxylation is 1. The minimum atomic E-state index is 0.762. The number of rotatable bonds is 4. The van der Waals surface area contributed by atoms with Crippen LogP contribution in [0, 0.1) is 18.3 Å². The molecule has 1 aromatic rings. The van der Waals surface area contributed by atoms with Crippen molar-refractivity contribution in [1.82, 2.24) is 0 Å². The first-order valence-corrected chi connectivity index (χ1v) is 6.22. The predicted octanol–water partition coefficient (Wildman–Crippen LogP) is 4.84. The van der Waals surface area contributed by atoms with Gasteiger partial charge in [0, 0.05) is 0 Å². The van der Waals surface area contributed by atoms with E-state index in [-0.39, 0.29) is 0 Å². The summed E-state index contributed by atoms with van der Waals surface area (Å²) in [6.45, 7) is 6.42. The molecule has 0 saturated heterocycles. The Bertz CT molecular complexity index is 305. The summed E-state index contributed by atoms with van der Waals surface area (Å²) in [5.74, 6) is 0. The van der Waals surface area contributed by atoms with Crippen molar-refractivity contribution in [2.45, 2.75) is 52.9 Å². The molecule has 0 radical (unpaired) electrons. The summed E-state index contributed by atoms with van der Waals surface area (Å²) in [4.78, 5) is 0. The second-order valence-corrected chi connectivity index (χ2v) is 3.99. The average molecular weight is 217 g/mol. The van der Waals surface area contributed by atoms with Crippen molar-refractivity contribution >= 4 is 0 Å². The van der Waals surface area contributed by atoms with Gasteiger partial charge in [0.05, 0.1) is 11.6 Å². The van der Waals surface area contributed by atoms with Gasteiger partial charge < -0.3 is 0 Å². The molecular weight excluding hydrogens is 194 g/mol. The summed E-state index contributed by atoms with van der Waals surface area (Å²) in [5, 5.41) is 8.47. The SMILES string of the molecule is CCCCCCC.Cc1ccccc1C#N. The van der Waals surface area contributed by atoms with Gasteiger partial charge in [-0.15, -0.1) is 0 Å². The highest BCUT2D eigenvalue weighted by molar-refractivity contribution is 5.35. The Kier molecular flexibility index (Phi) is 9.41. The Morgan fingerprint density at radius 3 is 1.94 bits per heavy atom. The van der Waals surface area contributed by atoms with Crippen LogP contribution in [-0.2, 0) is 0 Å². The van der Waals surface area contributed by atoms with Crippen LogP contribution in [0.5, 0.6) is 0 Å². The molecule has 16 heavy (non-hydrogen) atoms. The lowest BCUT2D eigenvalue weighted by Gasteiger charge is -1.90. The van der Waals surface area contributed by atoms with Crippen LogP contribution in [0.25, 0.3) is 0 Å². The summed E-state index contributed by atoms with van der Waals surface area (Å²) in [7, 11) is 0. The number of benzene rings is 1. The van der Waals surface area contributed by atoms with Crippen molar-refractivity contribution < 1.29 is 0 Å². The first-order valence-electron chi connectivity index (χ1n) is 6.22. The molecule has 0 heterocycles. The van der Waals surface area contributed by atoms with Gasteiger partial charge in [0.1, 0.15) is 0 Å². The number of unbranched alkanes of at least 4 members (excludes halogenated alkanes) is 4. The zero-order valence-corrected chi connectivity index (χ0v) is 10.8. The van der Waals surface area contributed by atoms with Gasteiger partial charge in [-0.05, 0) is 18.6 Å². The average Bonchev–Trinajstić information content (AvgIpc) is 2.31. The molecule has 0 aliphatic carbocycles. The molecule has 0 amide bonds. The third kappa shape index (κ3) is 7.06. The Morgan fingerprint density at radius 2 is 1.56 bits per heavy atom. The van der Waals surface area contributed by atoms with E-state index in [0.717, 1.165) is 11.1 Å². The normalized spacial score (nSPS) is 8.88. The Hall–Kier alpha value is -1.29. The molecule has 0 bridgehead atoms. The van der Waals surface area contributed by atoms with Crippen molar-refractivity contribution in [3.8, 4) is 6.07 Å². The molecule has 0 atom stereocenters. The maximum atomic E-state index is 8.47. The molecule has 1 rings (SSSR count). The quantitative estimate of drug-likeness (QED) is 0.662. The van der Waals surface area contributed by atoms with Crippen LogP contribution in [0.2, 0.25) is 0 Å². The Balaban J connectivity index is 0.000000293. The van der Waals surface area contributed by atoms with Crippen LogP contribution in [-0.4, -0.2) is 0 Å². The van der Waals surface area contributed by atoms with Crippen molar-refractivity contribution in [3.63, 3.8) is 0 Å². The zero-order chi connectivity index (χ0) is 12.2. The van der Waals surface area contributed by atoms with Crippen molar-refractivity contribution in [2.24, 2.45) is 0 Å². The van der Waals surface area contributed by atoms with Crippen LogP contribution >= 0.6 is 0 Å². The minimum Gasteiger partial charge on any atom is -0.192 e. The molecule has 0 aromatic heterocycles. The van der Waals surface area contributed by atoms with E-state index in [1.54, 1.807) is 0 Å². The fraction of sp³-hybridized carbons (Fsp3) is 0.533. The molecule has 1 aromatic carbocycles. The second-order valence-electron chi connectivity index (χ2n) is 3.99.